The predicted molar refractivity (Wildman–Crippen MR) is 76.2 cm³/mol. The summed E-state index contributed by atoms with van der Waals surface area (Å²) >= 11 is 0. The third-order valence-corrected chi connectivity index (χ3v) is 3.00. The highest BCUT2D eigenvalue weighted by molar-refractivity contribution is 5.93. The highest BCUT2D eigenvalue weighted by atomic mass is 19.4. The summed E-state index contributed by atoms with van der Waals surface area (Å²) < 4.78 is 43.8. The fraction of sp³-hybridized carbons (Fsp3) is 0.0714. The topological polar surface area (TPSA) is 113 Å². The molecule has 130 valence electrons. The second-order valence-electron chi connectivity index (χ2n) is 4.63. The van der Waals surface area contributed by atoms with Gasteiger partial charge in [-0.3, -0.25) is 20.2 Å². The minimum absolute atomic E-state index is 0.220. The molecule has 11 heteroatoms. The number of nitrogens with zero attached hydrogens (tertiary/aromatic N) is 2. The number of hydrogen-bond donors (Lipinski definition) is 0. The Hall–Kier alpha value is -3.50. The molecule has 8 nitrogen and oxygen atoms in total. The first kappa shape index (κ1) is 17.8. The zero-order chi connectivity index (χ0) is 18.8. The van der Waals surface area contributed by atoms with E-state index in [4.69, 9.17) is 4.74 Å². The van der Waals surface area contributed by atoms with Gasteiger partial charge < -0.3 is 4.74 Å². The molecule has 0 aliphatic heterocycles. The van der Waals surface area contributed by atoms with Crippen LogP contribution in [0.4, 0.5) is 24.5 Å². The van der Waals surface area contributed by atoms with E-state index in [9.17, 15) is 38.2 Å². The van der Waals surface area contributed by atoms with Gasteiger partial charge in [-0.1, -0.05) is 0 Å². The Morgan fingerprint density at radius 3 is 1.92 bits per heavy atom. The standard InChI is InChI=1S/C14H7F3N2O6/c15-14(16,17)12-7-9(19(23)24)3-6-11(12)13(20)25-10-4-1-8(2-5-10)18(21)22/h1-7H. The molecule has 0 aromatic heterocycles. The van der Waals surface area contributed by atoms with Crippen LogP contribution in [0.5, 0.6) is 5.75 Å². The van der Waals surface area contributed by atoms with Crippen molar-refractivity contribution in [2.75, 3.05) is 0 Å². The largest absolute Gasteiger partial charge is 0.423 e. The second-order valence-corrected chi connectivity index (χ2v) is 4.63. The maximum Gasteiger partial charge on any atom is 0.417 e. The number of halogens is 3. The van der Waals surface area contributed by atoms with Gasteiger partial charge in [0.15, 0.2) is 0 Å². The molecule has 0 unspecified atom stereocenters. The Bertz CT molecular complexity index is 849. The first-order valence-corrected chi connectivity index (χ1v) is 6.42. The van der Waals surface area contributed by atoms with Crippen LogP contribution in [0, 0.1) is 20.2 Å². The molecule has 0 radical (unpaired) electrons. The van der Waals surface area contributed by atoms with Crippen LogP contribution in [0.3, 0.4) is 0 Å². The molecule has 0 atom stereocenters. The Kier molecular flexibility index (Phi) is 4.68. The van der Waals surface area contributed by atoms with E-state index < -0.39 is 38.8 Å². The average Bonchev–Trinajstić information content (AvgIpc) is 2.53. The fourth-order valence-corrected chi connectivity index (χ4v) is 1.86. The first-order chi connectivity index (χ1) is 11.6. The van der Waals surface area contributed by atoms with Crippen molar-refractivity contribution in [3.05, 3.63) is 73.8 Å². The molecule has 0 N–H and O–H groups in total. The lowest BCUT2D eigenvalue weighted by Gasteiger charge is -2.12. The average molecular weight is 356 g/mol. The number of alkyl halides is 3. The lowest BCUT2D eigenvalue weighted by molar-refractivity contribution is -0.385. The van der Waals surface area contributed by atoms with Crippen molar-refractivity contribution < 1.29 is 32.5 Å². The molecule has 0 saturated heterocycles. The Morgan fingerprint density at radius 2 is 1.44 bits per heavy atom. The highest BCUT2D eigenvalue weighted by Crippen LogP contribution is 2.35. The molecular formula is C14H7F3N2O6. The van der Waals surface area contributed by atoms with Crippen LogP contribution in [0.25, 0.3) is 0 Å². The summed E-state index contributed by atoms with van der Waals surface area (Å²) in [5.41, 5.74) is -3.57. The number of hydrogen-bond acceptors (Lipinski definition) is 6. The van der Waals surface area contributed by atoms with Gasteiger partial charge in [0, 0.05) is 24.3 Å². The molecule has 2 aromatic carbocycles. The minimum atomic E-state index is -5.02. The van der Waals surface area contributed by atoms with E-state index in [1.165, 1.54) is 0 Å². The number of carbonyl (C=O) groups excluding carboxylic acids is 1. The molecule has 0 bridgehead atoms. The smallest absolute Gasteiger partial charge is 0.417 e. The normalized spacial score (nSPS) is 11.0. The molecule has 0 amide bonds. The number of non-ortho nitro benzene ring substituents is 2. The quantitative estimate of drug-likeness (QED) is 0.357. The predicted octanol–water partition coefficient (Wildman–Crippen LogP) is 3.74. The molecule has 0 aliphatic rings. The van der Waals surface area contributed by atoms with Gasteiger partial charge in [0.2, 0.25) is 0 Å². The van der Waals surface area contributed by atoms with E-state index >= 15 is 0 Å². The van der Waals surface area contributed by atoms with Gasteiger partial charge in [-0.05, 0) is 18.2 Å². The third kappa shape index (κ3) is 4.07. The van der Waals surface area contributed by atoms with Crippen LogP contribution in [0.2, 0.25) is 0 Å². The van der Waals surface area contributed by atoms with Crippen LogP contribution in [-0.4, -0.2) is 15.8 Å². The van der Waals surface area contributed by atoms with Gasteiger partial charge in [-0.15, -0.1) is 0 Å². The van der Waals surface area contributed by atoms with Crippen LogP contribution in [0.1, 0.15) is 15.9 Å². The maximum absolute atomic E-state index is 13.0. The van der Waals surface area contributed by atoms with Crippen LogP contribution in [0.15, 0.2) is 42.5 Å². The van der Waals surface area contributed by atoms with E-state index in [-0.39, 0.29) is 17.5 Å². The molecule has 0 heterocycles. The Balaban J connectivity index is 2.35. The van der Waals surface area contributed by atoms with Crippen molar-refractivity contribution in [3.8, 4) is 5.75 Å². The zero-order valence-corrected chi connectivity index (χ0v) is 12.0. The van der Waals surface area contributed by atoms with Crippen molar-refractivity contribution >= 4 is 17.3 Å². The number of nitro groups is 2. The number of carbonyl (C=O) groups is 1. The van der Waals surface area contributed by atoms with E-state index in [1.54, 1.807) is 0 Å². The van der Waals surface area contributed by atoms with Crippen LogP contribution in [-0.2, 0) is 6.18 Å². The van der Waals surface area contributed by atoms with Crippen molar-refractivity contribution in [2.24, 2.45) is 0 Å². The van der Waals surface area contributed by atoms with Crippen LogP contribution >= 0.6 is 0 Å². The molecule has 0 fully saturated rings. The number of benzene rings is 2. The minimum Gasteiger partial charge on any atom is -0.423 e. The summed E-state index contributed by atoms with van der Waals surface area (Å²) in [5.74, 6) is -1.63. The van der Waals surface area contributed by atoms with Crippen molar-refractivity contribution in [1.82, 2.24) is 0 Å². The van der Waals surface area contributed by atoms with Gasteiger partial charge in [-0.2, -0.15) is 13.2 Å². The molecule has 2 rings (SSSR count). The summed E-state index contributed by atoms with van der Waals surface area (Å²) in [6, 6.07) is 5.68. The second kappa shape index (κ2) is 6.55. The van der Waals surface area contributed by atoms with E-state index in [2.05, 4.69) is 0 Å². The number of esters is 1. The van der Waals surface area contributed by atoms with Crippen molar-refractivity contribution in [3.63, 3.8) is 0 Å². The van der Waals surface area contributed by atoms with Gasteiger partial charge in [0.05, 0.1) is 21.0 Å². The van der Waals surface area contributed by atoms with Gasteiger partial charge in [0.1, 0.15) is 5.75 Å². The summed E-state index contributed by atoms with van der Waals surface area (Å²) in [6.45, 7) is 0. The summed E-state index contributed by atoms with van der Waals surface area (Å²) in [5, 5.41) is 21.1. The maximum atomic E-state index is 13.0. The van der Waals surface area contributed by atoms with E-state index in [1.807, 2.05) is 0 Å². The van der Waals surface area contributed by atoms with E-state index in [0.29, 0.717) is 6.07 Å². The zero-order valence-electron chi connectivity index (χ0n) is 12.0. The molecule has 0 spiro atoms. The van der Waals surface area contributed by atoms with Crippen molar-refractivity contribution in [1.29, 1.82) is 0 Å². The lowest BCUT2D eigenvalue weighted by atomic mass is 10.1. The monoisotopic (exact) mass is 356 g/mol. The molecule has 25 heavy (non-hydrogen) atoms. The summed E-state index contributed by atoms with van der Waals surface area (Å²) in [4.78, 5) is 31.3. The molecule has 0 saturated carbocycles. The van der Waals surface area contributed by atoms with Gasteiger partial charge >= 0.3 is 12.1 Å². The summed E-state index contributed by atoms with van der Waals surface area (Å²) in [7, 11) is 0. The number of rotatable bonds is 4. The Morgan fingerprint density at radius 1 is 0.920 bits per heavy atom. The third-order valence-electron chi connectivity index (χ3n) is 3.00. The SMILES string of the molecule is O=C(Oc1ccc([N+](=O)[O-])cc1)c1ccc([N+](=O)[O-])cc1C(F)(F)F. The summed E-state index contributed by atoms with van der Waals surface area (Å²) in [6.07, 6.45) is -5.02. The lowest BCUT2D eigenvalue weighted by Crippen LogP contribution is -2.17. The molecule has 2 aromatic rings. The Labute approximate surface area is 136 Å². The van der Waals surface area contributed by atoms with Crippen LogP contribution < -0.4 is 4.74 Å². The highest BCUT2D eigenvalue weighted by Gasteiger charge is 2.37. The molecule has 0 aliphatic carbocycles. The molecular weight excluding hydrogens is 349 g/mol. The fourth-order valence-electron chi connectivity index (χ4n) is 1.86. The van der Waals surface area contributed by atoms with Gasteiger partial charge in [-0.25, -0.2) is 4.79 Å². The number of nitro benzene ring substituents is 2. The number of ether oxygens (including phenoxy) is 1. The first-order valence-electron chi connectivity index (χ1n) is 6.42. The van der Waals surface area contributed by atoms with Gasteiger partial charge in [0.25, 0.3) is 11.4 Å². The van der Waals surface area contributed by atoms with Crippen molar-refractivity contribution in [2.45, 2.75) is 6.18 Å². The van der Waals surface area contributed by atoms with E-state index in [0.717, 1.165) is 30.3 Å².